The maximum Gasteiger partial charge on any atom is 0.155 e. The Bertz CT molecular complexity index is 598. The highest BCUT2D eigenvalue weighted by Gasteiger charge is 2.27. The van der Waals surface area contributed by atoms with Crippen molar-refractivity contribution in [3.8, 4) is 10.8 Å². The van der Waals surface area contributed by atoms with Crippen molar-refractivity contribution in [2.24, 2.45) is 0 Å². The molecule has 0 saturated heterocycles. The van der Waals surface area contributed by atoms with Gasteiger partial charge in [0, 0.05) is 22.4 Å². The van der Waals surface area contributed by atoms with Gasteiger partial charge >= 0.3 is 0 Å². The normalized spacial score (nSPS) is 13.2. The van der Waals surface area contributed by atoms with Crippen LogP contribution in [-0.2, 0) is 12.0 Å². The van der Waals surface area contributed by atoms with E-state index >= 15 is 0 Å². The SMILES string of the molecule is OC(C#CBr)(Cc1ccccc1)c1ccc(F)cc1. The molecule has 0 spiro atoms. The molecule has 0 fully saturated rings. The van der Waals surface area contributed by atoms with Crippen LogP contribution < -0.4 is 0 Å². The van der Waals surface area contributed by atoms with Crippen LogP contribution in [0.2, 0.25) is 0 Å². The highest BCUT2D eigenvalue weighted by atomic mass is 79.9. The first-order chi connectivity index (χ1) is 9.14. The fourth-order valence-electron chi connectivity index (χ4n) is 1.91. The molecule has 19 heavy (non-hydrogen) atoms. The van der Waals surface area contributed by atoms with E-state index in [1.54, 1.807) is 12.1 Å². The van der Waals surface area contributed by atoms with E-state index in [4.69, 9.17) is 0 Å². The molecule has 2 aromatic carbocycles. The molecule has 0 heterocycles. The number of halogens is 2. The average Bonchev–Trinajstić information content (AvgIpc) is 2.40. The molecule has 0 aliphatic rings. The predicted octanol–water partition coefficient (Wildman–Crippen LogP) is 3.61. The summed E-state index contributed by atoms with van der Waals surface area (Å²) in [7, 11) is 0. The van der Waals surface area contributed by atoms with Gasteiger partial charge in [0.1, 0.15) is 5.82 Å². The van der Waals surface area contributed by atoms with E-state index in [1.807, 2.05) is 30.3 Å². The minimum absolute atomic E-state index is 0.336. The molecule has 1 atom stereocenters. The van der Waals surface area contributed by atoms with Gasteiger partial charge in [-0.15, -0.1) is 0 Å². The quantitative estimate of drug-likeness (QED) is 0.857. The molecule has 2 rings (SSSR count). The van der Waals surface area contributed by atoms with Gasteiger partial charge in [0.25, 0.3) is 0 Å². The van der Waals surface area contributed by atoms with Crippen molar-refractivity contribution >= 4 is 15.9 Å². The smallest absolute Gasteiger partial charge is 0.155 e. The molecule has 0 aromatic heterocycles. The van der Waals surface area contributed by atoms with Crippen molar-refractivity contribution in [3.05, 3.63) is 71.5 Å². The summed E-state index contributed by atoms with van der Waals surface area (Å²) in [6.07, 6.45) is 0.345. The standard InChI is InChI=1S/C16H12BrFO/c17-11-10-16(19,12-13-4-2-1-3-5-13)14-6-8-15(18)9-7-14/h1-9,19H,12H2. The number of benzene rings is 2. The molecule has 0 bridgehead atoms. The molecular weight excluding hydrogens is 307 g/mol. The van der Waals surface area contributed by atoms with Crippen LogP contribution in [0.4, 0.5) is 4.39 Å². The van der Waals surface area contributed by atoms with E-state index in [-0.39, 0.29) is 5.82 Å². The van der Waals surface area contributed by atoms with Gasteiger partial charge in [-0.05, 0) is 28.1 Å². The molecule has 0 radical (unpaired) electrons. The average molecular weight is 319 g/mol. The van der Waals surface area contributed by atoms with Crippen molar-refractivity contribution in [1.82, 2.24) is 0 Å². The summed E-state index contributed by atoms with van der Waals surface area (Å²) >= 11 is 3.02. The van der Waals surface area contributed by atoms with Crippen LogP contribution in [0.3, 0.4) is 0 Å². The summed E-state index contributed by atoms with van der Waals surface area (Å²) in [5.41, 5.74) is 0.202. The molecule has 1 N–H and O–H groups in total. The third kappa shape index (κ3) is 3.44. The van der Waals surface area contributed by atoms with Crippen molar-refractivity contribution in [2.75, 3.05) is 0 Å². The summed E-state index contributed by atoms with van der Waals surface area (Å²) in [5, 5.41) is 10.7. The number of hydrogen-bond acceptors (Lipinski definition) is 1. The third-order valence-electron chi connectivity index (χ3n) is 2.88. The molecule has 96 valence electrons. The first-order valence-corrected chi connectivity index (χ1v) is 6.58. The van der Waals surface area contributed by atoms with Crippen molar-refractivity contribution in [1.29, 1.82) is 0 Å². The molecule has 3 heteroatoms. The fourth-order valence-corrected chi connectivity index (χ4v) is 2.24. The lowest BCUT2D eigenvalue weighted by Crippen LogP contribution is -2.26. The summed E-state index contributed by atoms with van der Waals surface area (Å²) in [6.45, 7) is 0. The Morgan fingerprint density at radius 1 is 1.05 bits per heavy atom. The van der Waals surface area contributed by atoms with Crippen LogP contribution >= 0.6 is 15.9 Å². The maximum atomic E-state index is 13.0. The molecule has 1 unspecified atom stereocenters. The van der Waals surface area contributed by atoms with E-state index in [0.29, 0.717) is 12.0 Å². The molecule has 0 aliphatic heterocycles. The van der Waals surface area contributed by atoms with Crippen molar-refractivity contribution in [3.63, 3.8) is 0 Å². The monoisotopic (exact) mass is 318 g/mol. The lowest BCUT2D eigenvalue weighted by Gasteiger charge is -2.23. The Balaban J connectivity index is 2.37. The summed E-state index contributed by atoms with van der Waals surface area (Å²) in [5.74, 6) is 2.41. The lowest BCUT2D eigenvalue weighted by molar-refractivity contribution is 0.101. The van der Waals surface area contributed by atoms with E-state index in [2.05, 4.69) is 26.7 Å². The Morgan fingerprint density at radius 3 is 2.26 bits per heavy atom. The molecule has 0 saturated carbocycles. The zero-order valence-corrected chi connectivity index (χ0v) is 11.7. The van der Waals surface area contributed by atoms with Gasteiger partial charge in [0.05, 0.1) is 0 Å². The largest absolute Gasteiger partial charge is 0.373 e. The zero-order chi connectivity index (χ0) is 13.7. The van der Waals surface area contributed by atoms with Gasteiger partial charge in [0.2, 0.25) is 0 Å². The molecule has 0 amide bonds. The molecule has 2 aromatic rings. The molecule has 0 aliphatic carbocycles. The number of rotatable bonds is 3. The Morgan fingerprint density at radius 2 is 1.68 bits per heavy atom. The van der Waals surface area contributed by atoms with Gasteiger partial charge in [-0.1, -0.05) is 48.4 Å². The Kier molecular flexibility index (Phi) is 4.36. The number of hydrogen-bond donors (Lipinski definition) is 1. The van der Waals surface area contributed by atoms with Crippen LogP contribution in [0.1, 0.15) is 11.1 Å². The van der Waals surface area contributed by atoms with Crippen LogP contribution in [0, 0.1) is 16.6 Å². The van der Waals surface area contributed by atoms with Gasteiger partial charge in [-0.25, -0.2) is 4.39 Å². The zero-order valence-electron chi connectivity index (χ0n) is 10.1. The molecule has 1 nitrogen and oxygen atoms in total. The maximum absolute atomic E-state index is 13.0. The van der Waals surface area contributed by atoms with E-state index < -0.39 is 5.60 Å². The van der Waals surface area contributed by atoms with E-state index in [0.717, 1.165) is 5.56 Å². The third-order valence-corrected chi connectivity index (χ3v) is 3.08. The summed E-state index contributed by atoms with van der Waals surface area (Å²) < 4.78 is 13.0. The summed E-state index contributed by atoms with van der Waals surface area (Å²) in [4.78, 5) is 2.56. The van der Waals surface area contributed by atoms with Crippen molar-refractivity contribution < 1.29 is 9.50 Å². The van der Waals surface area contributed by atoms with Gasteiger partial charge in [-0.3, -0.25) is 0 Å². The lowest BCUT2D eigenvalue weighted by atomic mass is 9.88. The van der Waals surface area contributed by atoms with Crippen LogP contribution in [-0.4, -0.2) is 5.11 Å². The second kappa shape index (κ2) is 6.01. The van der Waals surface area contributed by atoms with E-state index in [1.165, 1.54) is 12.1 Å². The van der Waals surface area contributed by atoms with Crippen LogP contribution in [0.25, 0.3) is 0 Å². The Labute approximate surface area is 120 Å². The second-order valence-corrected chi connectivity index (χ2v) is 4.65. The van der Waals surface area contributed by atoms with Gasteiger partial charge in [-0.2, -0.15) is 0 Å². The highest BCUT2D eigenvalue weighted by Crippen LogP contribution is 2.25. The van der Waals surface area contributed by atoms with Crippen LogP contribution in [0.5, 0.6) is 0 Å². The topological polar surface area (TPSA) is 20.2 Å². The minimum atomic E-state index is -1.33. The predicted molar refractivity (Wildman–Crippen MR) is 77.1 cm³/mol. The fraction of sp³-hybridized carbons (Fsp3) is 0.125. The number of aliphatic hydroxyl groups is 1. The van der Waals surface area contributed by atoms with Gasteiger partial charge < -0.3 is 5.11 Å². The van der Waals surface area contributed by atoms with Crippen LogP contribution in [0.15, 0.2) is 54.6 Å². The Hall–Kier alpha value is -1.63. The van der Waals surface area contributed by atoms with Crippen molar-refractivity contribution in [2.45, 2.75) is 12.0 Å². The first kappa shape index (κ1) is 13.8. The van der Waals surface area contributed by atoms with Gasteiger partial charge in [0.15, 0.2) is 5.60 Å². The highest BCUT2D eigenvalue weighted by molar-refractivity contribution is 9.12. The van der Waals surface area contributed by atoms with E-state index in [9.17, 15) is 9.50 Å². The minimum Gasteiger partial charge on any atom is -0.373 e. The molecular formula is C16H12BrFO. The first-order valence-electron chi connectivity index (χ1n) is 5.79. The summed E-state index contributed by atoms with van der Waals surface area (Å²) in [6, 6.07) is 15.3. The second-order valence-electron chi connectivity index (χ2n) is 4.25.